The lowest BCUT2D eigenvalue weighted by atomic mass is 10.2. The van der Waals surface area contributed by atoms with Crippen molar-refractivity contribution in [1.82, 2.24) is 0 Å². The van der Waals surface area contributed by atoms with Crippen molar-refractivity contribution in [2.45, 2.75) is 31.2 Å². The normalized spacial score (nSPS) is 35.6. The molecule has 1 nitrogen and oxygen atoms in total. The Balaban J connectivity index is 2.54. The molecule has 1 aliphatic rings. The highest BCUT2D eigenvalue weighted by molar-refractivity contribution is 4.86. The van der Waals surface area contributed by atoms with Crippen LogP contribution in [0.5, 0.6) is 0 Å². The molecule has 2 N–H and O–H groups in total. The second-order valence-electron chi connectivity index (χ2n) is 2.26. The van der Waals surface area contributed by atoms with Crippen LogP contribution in [-0.4, -0.2) is 12.0 Å². The van der Waals surface area contributed by atoms with Crippen LogP contribution >= 0.6 is 0 Å². The molecule has 0 saturated heterocycles. The Bertz CT molecular complexity index is 92.4. The van der Waals surface area contributed by atoms with Gasteiger partial charge in [-0.25, -0.2) is 8.78 Å². The molecule has 0 aliphatic heterocycles. The minimum atomic E-state index is -2.57. The molecule has 48 valence electrons. The van der Waals surface area contributed by atoms with Crippen LogP contribution in [0.15, 0.2) is 0 Å². The predicted octanol–water partition coefficient (Wildman–Crippen LogP) is 1.13. The second kappa shape index (κ2) is 1.65. The van der Waals surface area contributed by atoms with Crippen LogP contribution in [0, 0.1) is 0 Å². The highest BCUT2D eigenvalue weighted by Crippen LogP contribution is 2.33. The molecule has 1 rings (SSSR count). The Morgan fingerprint density at radius 3 is 2.25 bits per heavy atom. The van der Waals surface area contributed by atoms with Crippen LogP contribution in [0.4, 0.5) is 8.78 Å². The first kappa shape index (κ1) is 5.95. The van der Waals surface area contributed by atoms with E-state index in [1.54, 1.807) is 0 Å². The fourth-order valence-electron chi connectivity index (χ4n) is 0.954. The van der Waals surface area contributed by atoms with Crippen molar-refractivity contribution in [2.75, 3.05) is 0 Å². The Kier molecular flexibility index (Phi) is 1.23. The van der Waals surface area contributed by atoms with Crippen molar-refractivity contribution in [3.8, 4) is 0 Å². The van der Waals surface area contributed by atoms with E-state index in [-0.39, 0.29) is 6.42 Å². The summed E-state index contributed by atoms with van der Waals surface area (Å²) in [4.78, 5) is 0. The Morgan fingerprint density at radius 1 is 1.50 bits per heavy atom. The van der Waals surface area contributed by atoms with Gasteiger partial charge in [0.05, 0.1) is 6.04 Å². The van der Waals surface area contributed by atoms with Crippen LogP contribution in [0.1, 0.15) is 19.3 Å². The largest absolute Gasteiger partial charge is 0.323 e. The lowest BCUT2D eigenvalue weighted by Crippen LogP contribution is -2.34. The molecule has 1 saturated carbocycles. The summed E-state index contributed by atoms with van der Waals surface area (Å²) >= 11 is 0. The average Bonchev–Trinajstić information content (AvgIpc) is 1.86. The number of halogens is 2. The molecular formula is C5H9F2N. The molecular weight excluding hydrogens is 112 g/mol. The van der Waals surface area contributed by atoms with Crippen LogP contribution in [0.25, 0.3) is 0 Å². The molecule has 8 heavy (non-hydrogen) atoms. The highest BCUT2D eigenvalue weighted by atomic mass is 19.3. The van der Waals surface area contributed by atoms with E-state index >= 15 is 0 Å². The van der Waals surface area contributed by atoms with Gasteiger partial charge in [0.1, 0.15) is 0 Å². The van der Waals surface area contributed by atoms with Gasteiger partial charge in [-0.05, 0) is 12.8 Å². The third-order valence-electron chi connectivity index (χ3n) is 1.57. The Morgan fingerprint density at radius 2 is 2.12 bits per heavy atom. The van der Waals surface area contributed by atoms with E-state index in [1.807, 2.05) is 0 Å². The number of rotatable bonds is 0. The summed E-state index contributed by atoms with van der Waals surface area (Å²) in [6.45, 7) is 0. The summed E-state index contributed by atoms with van der Waals surface area (Å²) in [6.07, 6.45) is 1.04. The molecule has 1 aliphatic carbocycles. The van der Waals surface area contributed by atoms with Gasteiger partial charge in [-0.1, -0.05) is 0 Å². The Hall–Kier alpha value is -0.180. The van der Waals surface area contributed by atoms with Crippen LogP contribution < -0.4 is 5.73 Å². The summed E-state index contributed by atoms with van der Waals surface area (Å²) in [5, 5.41) is 0. The number of nitrogens with two attached hydrogens (primary N) is 1. The molecule has 0 aromatic heterocycles. The Labute approximate surface area is 46.9 Å². The van der Waals surface area contributed by atoms with Gasteiger partial charge in [-0.15, -0.1) is 0 Å². The standard InChI is InChI=1S/C5H9F2N/c6-5(7)3-1-2-4(5)8/h4H,1-3,8H2/t4-/m1/s1. The smallest absolute Gasteiger partial charge is 0.262 e. The van der Waals surface area contributed by atoms with Crippen molar-refractivity contribution in [2.24, 2.45) is 5.73 Å². The maximum Gasteiger partial charge on any atom is 0.262 e. The zero-order chi connectivity index (χ0) is 6.20. The lowest BCUT2D eigenvalue weighted by molar-refractivity contribution is -0.00644. The minimum absolute atomic E-state index is 0.0197. The van der Waals surface area contributed by atoms with Gasteiger partial charge >= 0.3 is 0 Å². The number of hydrogen-bond acceptors (Lipinski definition) is 1. The monoisotopic (exact) mass is 121 g/mol. The third kappa shape index (κ3) is 0.823. The second-order valence-corrected chi connectivity index (χ2v) is 2.26. The van der Waals surface area contributed by atoms with Crippen LogP contribution in [0.2, 0.25) is 0 Å². The highest BCUT2D eigenvalue weighted by Gasteiger charge is 2.40. The molecule has 0 aromatic rings. The zero-order valence-corrected chi connectivity index (χ0v) is 4.53. The summed E-state index contributed by atoms with van der Waals surface area (Å²) in [5.74, 6) is -2.57. The molecule has 0 amide bonds. The molecule has 0 bridgehead atoms. The van der Waals surface area contributed by atoms with E-state index in [4.69, 9.17) is 5.73 Å². The van der Waals surface area contributed by atoms with Gasteiger partial charge in [-0.2, -0.15) is 0 Å². The predicted molar refractivity (Wildman–Crippen MR) is 26.8 cm³/mol. The fraction of sp³-hybridized carbons (Fsp3) is 1.00. The van der Waals surface area contributed by atoms with Gasteiger partial charge in [0.2, 0.25) is 0 Å². The summed E-state index contributed by atoms with van der Waals surface area (Å²) < 4.78 is 24.4. The molecule has 0 unspecified atom stereocenters. The molecule has 0 aromatic carbocycles. The lowest BCUT2D eigenvalue weighted by Gasteiger charge is -2.12. The maximum atomic E-state index is 12.2. The minimum Gasteiger partial charge on any atom is -0.323 e. The first-order chi connectivity index (χ1) is 3.63. The number of hydrogen-bond donors (Lipinski definition) is 1. The summed E-state index contributed by atoms with van der Waals surface area (Å²) in [6, 6.07) is -0.873. The molecule has 0 radical (unpaired) electrons. The first-order valence-corrected chi connectivity index (χ1v) is 2.76. The molecule has 3 heteroatoms. The topological polar surface area (TPSA) is 26.0 Å². The molecule has 0 heterocycles. The summed E-state index contributed by atoms with van der Waals surface area (Å²) in [7, 11) is 0. The van der Waals surface area contributed by atoms with Crippen molar-refractivity contribution < 1.29 is 8.78 Å². The van der Waals surface area contributed by atoms with Crippen molar-refractivity contribution in [1.29, 1.82) is 0 Å². The first-order valence-electron chi connectivity index (χ1n) is 2.76. The SMILES string of the molecule is N[C@@H]1CCCC1(F)F. The van der Waals surface area contributed by atoms with Gasteiger partial charge in [-0.3, -0.25) is 0 Å². The molecule has 0 spiro atoms. The van der Waals surface area contributed by atoms with E-state index < -0.39 is 12.0 Å². The van der Waals surface area contributed by atoms with E-state index in [2.05, 4.69) is 0 Å². The third-order valence-corrected chi connectivity index (χ3v) is 1.57. The van der Waals surface area contributed by atoms with Crippen LogP contribution in [-0.2, 0) is 0 Å². The number of alkyl halides is 2. The van der Waals surface area contributed by atoms with Crippen molar-refractivity contribution in [3.05, 3.63) is 0 Å². The van der Waals surface area contributed by atoms with Gasteiger partial charge in [0.25, 0.3) is 5.92 Å². The van der Waals surface area contributed by atoms with Crippen molar-refractivity contribution >= 4 is 0 Å². The van der Waals surface area contributed by atoms with Crippen LogP contribution in [0.3, 0.4) is 0 Å². The summed E-state index contributed by atoms with van der Waals surface area (Å²) in [5.41, 5.74) is 5.06. The molecule has 1 atom stereocenters. The van der Waals surface area contributed by atoms with E-state index in [9.17, 15) is 8.78 Å². The molecule has 1 fully saturated rings. The average molecular weight is 121 g/mol. The van der Waals surface area contributed by atoms with Gasteiger partial charge in [0, 0.05) is 6.42 Å². The zero-order valence-electron chi connectivity index (χ0n) is 4.53. The quantitative estimate of drug-likeness (QED) is 0.510. The van der Waals surface area contributed by atoms with Gasteiger partial charge in [0.15, 0.2) is 0 Å². The van der Waals surface area contributed by atoms with Gasteiger partial charge < -0.3 is 5.73 Å². The van der Waals surface area contributed by atoms with E-state index in [0.717, 1.165) is 0 Å². The maximum absolute atomic E-state index is 12.2. The van der Waals surface area contributed by atoms with E-state index in [1.165, 1.54) is 0 Å². The fourth-order valence-corrected chi connectivity index (χ4v) is 0.954. The van der Waals surface area contributed by atoms with Crippen molar-refractivity contribution in [3.63, 3.8) is 0 Å². The van der Waals surface area contributed by atoms with E-state index in [0.29, 0.717) is 12.8 Å².